The first-order valence-corrected chi connectivity index (χ1v) is 9.09. The summed E-state index contributed by atoms with van der Waals surface area (Å²) in [5.74, 6) is -0.937. The molecule has 22 heavy (non-hydrogen) atoms. The van der Waals surface area contributed by atoms with Crippen molar-refractivity contribution in [3.8, 4) is 0 Å². The zero-order valence-corrected chi connectivity index (χ0v) is 19.0. The molecule has 0 unspecified atom stereocenters. The molecule has 1 aromatic carbocycles. The van der Waals surface area contributed by atoms with E-state index in [1.165, 1.54) is 0 Å². The third-order valence-corrected chi connectivity index (χ3v) is 5.45. The van der Waals surface area contributed by atoms with Crippen molar-refractivity contribution in [3.63, 3.8) is 0 Å². The summed E-state index contributed by atoms with van der Waals surface area (Å²) in [7, 11) is 5.53. The van der Waals surface area contributed by atoms with Crippen molar-refractivity contribution < 1.29 is 14.7 Å². The zero-order valence-electron chi connectivity index (χ0n) is 12.5. The second-order valence-corrected chi connectivity index (χ2v) is 7.40. The minimum Gasteiger partial charge on any atom is -0.481 e. The van der Waals surface area contributed by atoms with Crippen LogP contribution in [-0.4, -0.2) is 44.8 Å². The monoisotopic (exact) mass is 643 g/mol. The van der Waals surface area contributed by atoms with Crippen LogP contribution in [0, 0.1) is 10.7 Å². The molecule has 0 heterocycles. The van der Waals surface area contributed by atoms with Crippen molar-refractivity contribution in [1.82, 2.24) is 5.32 Å². The van der Waals surface area contributed by atoms with Gasteiger partial charge in [0.2, 0.25) is 0 Å². The molecule has 0 aliphatic heterocycles. The number of amides is 1. The largest absolute Gasteiger partial charge is 0.481 e. The lowest BCUT2D eigenvalue weighted by molar-refractivity contribution is -0.134. The second-order valence-electron chi connectivity index (χ2n) is 4.16. The Morgan fingerprint density at radius 1 is 1.18 bits per heavy atom. The summed E-state index contributed by atoms with van der Waals surface area (Å²) in [6, 6.07) is 0. The fraction of sp³-hybridized carbons (Fsp3) is 0.308. The van der Waals surface area contributed by atoms with Gasteiger partial charge in [0.05, 0.1) is 27.6 Å². The van der Waals surface area contributed by atoms with Crippen molar-refractivity contribution in [1.29, 1.82) is 0 Å². The molecule has 1 aromatic rings. The number of aliphatic carboxylic acids is 1. The fourth-order valence-corrected chi connectivity index (χ4v) is 6.46. The lowest BCUT2D eigenvalue weighted by Crippen LogP contribution is -2.23. The lowest BCUT2D eigenvalue weighted by Gasteiger charge is -2.21. The number of rotatable bonds is 3. The van der Waals surface area contributed by atoms with E-state index in [-0.39, 0.29) is 5.91 Å². The zero-order chi connectivity index (χ0) is 17.6. The number of carboxylic acids is 1. The van der Waals surface area contributed by atoms with E-state index in [4.69, 9.17) is 9.90 Å². The Balaban J connectivity index is 0.000000980. The molecule has 0 bridgehead atoms. The minimum atomic E-state index is -0.833. The number of hydrogen-bond acceptors (Lipinski definition) is 4. The third kappa shape index (κ3) is 5.47. The highest BCUT2D eigenvalue weighted by Crippen LogP contribution is 2.41. The van der Waals surface area contributed by atoms with E-state index in [2.05, 4.69) is 84.8 Å². The highest BCUT2D eigenvalue weighted by atomic mass is 127. The maximum atomic E-state index is 12.0. The molecule has 0 spiro atoms. The van der Waals surface area contributed by atoms with Crippen molar-refractivity contribution >= 4 is 97.7 Å². The standard InChI is InChI=1S/C11H12I3N3O.C2H4O2/c1-15-9-6(12)5(11(18)16-2)7(13)10(8(9)14)17(3)4;1-2(3)4/h1H2,2-4H3,(H,16,18);1H3,(H,3,4). The van der Waals surface area contributed by atoms with Gasteiger partial charge in [-0.1, -0.05) is 0 Å². The van der Waals surface area contributed by atoms with Crippen molar-refractivity contribution in [3.05, 3.63) is 16.3 Å². The minimum absolute atomic E-state index is 0.104. The summed E-state index contributed by atoms with van der Waals surface area (Å²) in [5, 5.41) is 10.1. The molecule has 122 valence electrons. The highest BCUT2D eigenvalue weighted by Gasteiger charge is 2.24. The molecule has 1 amide bonds. The molecular weight excluding hydrogens is 627 g/mol. The predicted octanol–water partition coefficient (Wildman–Crippen LogP) is 3.35. The molecule has 0 atom stereocenters. The lowest BCUT2D eigenvalue weighted by atomic mass is 10.1. The Labute approximate surface area is 170 Å². The number of carbonyl (C=O) groups is 2. The number of anilines is 1. The molecule has 1 rings (SSSR count). The van der Waals surface area contributed by atoms with Crippen LogP contribution in [0.25, 0.3) is 0 Å². The first-order valence-electron chi connectivity index (χ1n) is 5.86. The summed E-state index contributed by atoms with van der Waals surface area (Å²) in [4.78, 5) is 27.0. The molecule has 0 fully saturated rings. The smallest absolute Gasteiger partial charge is 0.300 e. The third-order valence-electron chi connectivity index (χ3n) is 2.33. The average Bonchev–Trinajstić information content (AvgIpc) is 2.37. The van der Waals surface area contributed by atoms with Gasteiger partial charge in [-0.3, -0.25) is 14.6 Å². The maximum absolute atomic E-state index is 12.0. The Bertz CT molecular complexity index is 600. The van der Waals surface area contributed by atoms with Crippen LogP contribution in [0.2, 0.25) is 0 Å². The number of nitrogens with one attached hydrogen (secondary N) is 1. The first kappa shape index (κ1) is 21.8. The molecule has 0 saturated carbocycles. The molecule has 6 nitrogen and oxygen atoms in total. The normalized spacial score (nSPS) is 9.41. The Morgan fingerprint density at radius 2 is 1.64 bits per heavy atom. The van der Waals surface area contributed by atoms with Gasteiger partial charge in [0.25, 0.3) is 11.9 Å². The number of hydrogen-bond donors (Lipinski definition) is 2. The van der Waals surface area contributed by atoms with Crippen molar-refractivity contribution in [2.45, 2.75) is 6.92 Å². The summed E-state index contributed by atoms with van der Waals surface area (Å²) < 4.78 is 2.77. The van der Waals surface area contributed by atoms with Gasteiger partial charge in [-0.2, -0.15) is 0 Å². The average molecular weight is 643 g/mol. The molecule has 0 radical (unpaired) electrons. The van der Waals surface area contributed by atoms with Crippen LogP contribution in [-0.2, 0) is 4.79 Å². The van der Waals surface area contributed by atoms with Gasteiger partial charge < -0.3 is 15.3 Å². The van der Waals surface area contributed by atoms with E-state index >= 15 is 0 Å². The number of aliphatic imine (C=N–C) groups is 1. The van der Waals surface area contributed by atoms with Gasteiger partial charge in [0, 0.05) is 28.1 Å². The number of halogens is 3. The van der Waals surface area contributed by atoms with Crippen LogP contribution in [0.3, 0.4) is 0 Å². The first-order chi connectivity index (χ1) is 10.1. The molecule has 9 heteroatoms. The molecule has 0 saturated heterocycles. The summed E-state index contributed by atoms with van der Waals surface area (Å²) in [6.45, 7) is 4.68. The van der Waals surface area contributed by atoms with E-state index in [0.29, 0.717) is 5.56 Å². The second kappa shape index (κ2) is 9.85. The molecule has 0 aliphatic rings. The van der Waals surface area contributed by atoms with Gasteiger partial charge in [-0.15, -0.1) is 0 Å². The maximum Gasteiger partial charge on any atom is 0.300 e. The van der Waals surface area contributed by atoms with E-state index in [0.717, 1.165) is 29.0 Å². The molecule has 0 aliphatic carbocycles. The van der Waals surface area contributed by atoms with E-state index in [1.807, 2.05) is 19.0 Å². The molecule has 0 aromatic heterocycles. The number of nitrogens with zero attached hydrogens (tertiary/aromatic N) is 2. The van der Waals surface area contributed by atoms with Gasteiger partial charge in [0.1, 0.15) is 0 Å². The summed E-state index contributed by atoms with van der Waals surface area (Å²) >= 11 is 6.60. The van der Waals surface area contributed by atoms with Crippen molar-refractivity contribution in [2.75, 3.05) is 26.0 Å². The number of benzene rings is 1. The summed E-state index contributed by atoms with van der Waals surface area (Å²) in [5.41, 5.74) is 2.42. The van der Waals surface area contributed by atoms with Crippen LogP contribution >= 0.6 is 67.8 Å². The van der Waals surface area contributed by atoms with Crippen LogP contribution in [0.5, 0.6) is 0 Å². The Morgan fingerprint density at radius 3 is 1.95 bits per heavy atom. The Kier molecular flexibility index (Phi) is 9.77. The van der Waals surface area contributed by atoms with E-state index < -0.39 is 5.97 Å². The van der Waals surface area contributed by atoms with E-state index in [9.17, 15) is 4.79 Å². The highest BCUT2D eigenvalue weighted by molar-refractivity contribution is 14.1. The van der Waals surface area contributed by atoms with Gasteiger partial charge in [-0.05, 0) is 74.5 Å². The number of carbonyl (C=O) groups excluding carboxylic acids is 1. The predicted molar refractivity (Wildman–Crippen MR) is 115 cm³/mol. The van der Waals surface area contributed by atoms with Crippen LogP contribution < -0.4 is 10.2 Å². The van der Waals surface area contributed by atoms with Crippen molar-refractivity contribution in [2.24, 2.45) is 4.99 Å². The van der Waals surface area contributed by atoms with Gasteiger partial charge in [0.15, 0.2) is 0 Å². The van der Waals surface area contributed by atoms with Crippen LogP contribution in [0.1, 0.15) is 17.3 Å². The SMILES string of the molecule is C=Nc1c(I)c(C(=O)NC)c(I)c(N(C)C)c1I.CC(=O)O. The topological polar surface area (TPSA) is 82.0 Å². The van der Waals surface area contributed by atoms with Gasteiger partial charge >= 0.3 is 0 Å². The van der Waals surface area contributed by atoms with Crippen LogP contribution in [0.4, 0.5) is 11.4 Å². The van der Waals surface area contributed by atoms with E-state index in [1.54, 1.807) is 7.05 Å². The molecular formula is C13H16I3N3O3. The summed E-state index contributed by atoms with van der Waals surface area (Å²) in [6.07, 6.45) is 0. The molecule has 2 N–H and O–H groups in total. The van der Waals surface area contributed by atoms with Gasteiger partial charge in [-0.25, -0.2) is 0 Å². The number of carboxylic acid groups (broad SMARTS) is 1. The van der Waals surface area contributed by atoms with Crippen LogP contribution in [0.15, 0.2) is 4.99 Å². The Hall–Kier alpha value is -0.180. The fourth-order valence-electron chi connectivity index (χ4n) is 1.49. The quantitative estimate of drug-likeness (QED) is 0.392.